The van der Waals surface area contributed by atoms with Gasteiger partial charge in [0.15, 0.2) is 0 Å². The van der Waals surface area contributed by atoms with E-state index in [0.29, 0.717) is 12.1 Å². The quantitative estimate of drug-likeness (QED) is 0.898. The van der Waals surface area contributed by atoms with Crippen LogP contribution in [0.3, 0.4) is 0 Å². The number of hydrogen-bond acceptors (Lipinski definition) is 2. The molecule has 0 bridgehead atoms. The maximum atomic E-state index is 12.2. The topological polar surface area (TPSA) is 49.4 Å². The molecule has 20 heavy (non-hydrogen) atoms. The van der Waals surface area contributed by atoms with E-state index in [0.717, 1.165) is 36.8 Å². The van der Waals surface area contributed by atoms with Crippen LogP contribution >= 0.6 is 0 Å². The predicted octanol–water partition coefficient (Wildman–Crippen LogP) is 2.56. The van der Waals surface area contributed by atoms with Crippen LogP contribution in [-0.2, 0) is 11.3 Å². The van der Waals surface area contributed by atoms with Crippen molar-refractivity contribution < 1.29 is 9.59 Å². The summed E-state index contributed by atoms with van der Waals surface area (Å²) in [5, 5.41) is 1.42. The number of fused-ring (bicyclic) bond motifs is 1. The molecule has 1 N–H and O–H groups in total. The number of benzene rings is 1. The molecule has 0 unspecified atom stereocenters. The Kier molecular flexibility index (Phi) is 3.54. The van der Waals surface area contributed by atoms with E-state index in [9.17, 15) is 9.59 Å². The van der Waals surface area contributed by atoms with E-state index in [1.54, 1.807) is 6.07 Å². The number of rotatable bonds is 2. The van der Waals surface area contributed by atoms with Crippen LogP contribution in [-0.4, -0.2) is 16.8 Å². The fraction of sp³-hybridized carbons (Fsp3) is 0.375. The van der Waals surface area contributed by atoms with Crippen molar-refractivity contribution in [2.45, 2.75) is 38.6 Å². The van der Waals surface area contributed by atoms with Gasteiger partial charge in [0.05, 0.1) is 6.54 Å². The van der Waals surface area contributed by atoms with Crippen molar-refractivity contribution in [3.8, 4) is 0 Å². The van der Waals surface area contributed by atoms with Crippen molar-refractivity contribution in [1.82, 2.24) is 10.4 Å². The number of allylic oxidation sites excluding steroid dienone is 1. The van der Waals surface area contributed by atoms with Crippen molar-refractivity contribution in [2.75, 3.05) is 0 Å². The first-order valence-electron chi connectivity index (χ1n) is 7.15. The monoisotopic (exact) mass is 270 g/mol. The van der Waals surface area contributed by atoms with Crippen molar-refractivity contribution in [1.29, 1.82) is 0 Å². The molecule has 4 heteroatoms. The second kappa shape index (κ2) is 5.49. The number of carbonyl (C=O) groups excluding carboxylic acids is 2. The summed E-state index contributed by atoms with van der Waals surface area (Å²) in [7, 11) is 0. The Hall–Kier alpha value is -2.10. The van der Waals surface area contributed by atoms with E-state index in [1.807, 2.05) is 24.3 Å². The van der Waals surface area contributed by atoms with Crippen molar-refractivity contribution >= 4 is 11.8 Å². The SMILES string of the molecule is O=C(NN1Cc2ccccc2C1=O)C1=CCCCCC1. The molecule has 1 aromatic rings. The Balaban J connectivity index is 1.69. The molecule has 2 amide bonds. The van der Waals surface area contributed by atoms with E-state index in [4.69, 9.17) is 0 Å². The Bertz CT molecular complexity index is 578. The molecule has 2 aliphatic rings. The van der Waals surface area contributed by atoms with Crippen LogP contribution in [0.5, 0.6) is 0 Å². The van der Waals surface area contributed by atoms with Gasteiger partial charge in [0.2, 0.25) is 0 Å². The van der Waals surface area contributed by atoms with Gasteiger partial charge in [-0.05, 0) is 37.3 Å². The number of carbonyl (C=O) groups is 2. The number of amides is 2. The van der Waals surface area contributed by atoms with Gasteiger partial charge in [0, 0.05) is 11.1 Å². The molecule has 4 nitrogen and oxygen atoms in total. The first-order chi connectivity index (χ1) is 9.75. The lowest BCUT2D eigenvalue weighted by molar-refractivity contribution is -0.121. The highest BCUT2D eigenvalue weighted by Crippen LogP contribution is 2.22. The van der Waals surface area contributed by atoms with Gasteiger partial charge >= 0.3 is 0 Å². The van der Waals surface area contributed by atoms with Crippen LogP contribution in [0.25, 0.3) is 0 Å². The highest BCUT2D eigenvalue weighted by atomic mass is 16.2. The fourth-order valence-corrected chi connectivity index (χ4v) is 2.76. The van der Waals surface area contributed by atoms with Crippen molar-refractivity contribution in [2.24, 2.45) is 0 Å². The molecular formula is C16H18N2O2. The highest BCUT2D eigenvalue weighted by Gasteiger charge is 2.28. The Morgan fingerprint density at radius 2 is 2.00 bits per heavy atom. The predicted molar refractivity (Wildman–Crippen MR) is 75.6 cm³/mol. The highest BCUT2D eigenvalue weighted by molar-refractivity contribution is 6.01. The summed E-state index contributed by atoms with van der Waals surface area (Å²) in [6.45, 7) is 0.452. The number of hydrogen-bond donors (Lipinski definition) is 1. The largest absolute Gasteiger partial charge is 0.272 e. The average molecular weight is 270 g/mol. The lowest BCUT2D eigenvalue weighted by Crippen LogP contribution is -2.42. The third-order valence-corrected chi connectivity index (χ3v) is 3.89. The number of nitrogens with zero attached hydrogens (tertiary/aromatic N) is 1. The van der Waals surface area contributed by atoms with Crippen LogP contribution in [0.2, 0.25) is 0 Å². The zero-order valence-electron chi connectivity index (χ0n) is 11.4. The maximum absolute atomic E-state index is 12.2. The second-order valence-corrected chi connectivity index (χ2v) is 5.32. The van der Waals surface area contributed by atoms with Gasteiger partial charge in [-0.25, -0.2) is 5.01 Å². The van der Waals surface area contributed by atoms with E-state index in [-0.39, 0.29) is 11.8 Å². The first-order valence-corrected chi connectivity index (χ1v) is 7.15. The molecule has 0 atom stereocenters. The molecule has 0 aromatic heterocycles. The second-order valence-electron chi connectivity index (χ2n) is 5.32. The number of nitrogens with one attached hydrogen (secondary N) is 1. The minimum atomic E-state index is -0.131. The van der Waals surface area contributed by atoms with Gasteiger partial charge in [0.1, 0.15) is 0 Å². The van der Waals surface area contributed by atoms with E-state index >= 15 is 0 Å². The fourth-order valence-electron chi connectivity index (χ4n) is 2.76. The minimum Gasteiger partial charge on any atom is -0.268 e. The molecule has 1 aliphatic carbocycles. The molecule has 1 aromatic carbocycles. The van der Waals surface area contributed by atoms with Crippen LogP contribution in [0, 0.1) is 0 Å². The summed E-state index contributed by atoms with van der Waals surface area (Å²) in [5.74, 6) is -0.253. The Labute approximate surface area is 118 Å². The lowest BCUT2D eigenvalue weighted by Gasteiger charge is -2.17. The Morgan fingerprint density at radius 3 is 2.85 bits per heavy atom. The molecule has 3 rings (SSSR count). The summed E-state index contributed by atoms with van der Waals surface area (Å²) in [5.41, 5.74) is 5.21. The average Bonchev–Trinajstić information content (AvgIpc) is 2.67. The van der Waals surface area contributed by atoms with Crippen LogP contribution in [0.1, 0.15) is 48.0 Å². The maximum Gasteiger partial charge on any atom is 0.272 e. The smallest absolute Gasteiger partial charge is 0.268 e. The zero-order chi connectivity index (χ0) is 13.9. The van der Waals surface area contributed by atoms with E-state index < -0.39 is 0 Å². The molecule has 0 saturated heterocycles. The van der Waals surface area contributed by atoms with Gasteiger partial charge in [-0.15, -0.1) is 0 Å². The van der Waals surface area contributed by atoms with Crippen LogP contribution < -0.4 is 5.43 Å². The molecule has 0 fully saturated rings. The number of hydrazine groups is 1. The van der Waals surface area contributed by atoms with Crippen molar-refractivity contribution in [3.63, 3.8) is 0 Å². The standard InChI is InChI=1S/C16H18N2O2/c19-15(12-7-3-1-2-4-8-12)17-18-11-13-9-5-6-10-14(13)16(18)20/h5-7,9-10H,1-4,8,11H2,(H,17,19). The van der Waals surface area contributed by atoms with Gasteiger partial charge in [0.25, 0.3) is 11.8 Å². The molecule has 0 saturated carbocycles. The Morgan fingerprint density at radius 1 is 1.15 bits per heavy atom. The van der Waals surface area contributed by atoms with Crippen LogP contribution in [0.15, 0.2) is 35.9 Å². The third-order valence-electron chi connectivity index (χ3n) is 3.89. The van der Waals surface area contributed by atoms with Gasteiger partial charge in [-0.3, -0.25) is 15.0 Å². The van der Waals surface area contributed by atoms with E-state index in [2.05, 4.69) is 5.43 Å². The van der Waals surface area contributed by atoms with Gasteiger partial charge in [-0.1, -0.05) is 30.7 Å². The molecule has 104 valence electrons. The van der Waals surface area contributed by atoms with Crippen LogP contribution in [0.4, 0.5) is 0 Å². The zero-order valence-corrected chi connectivity index (χ0v) is 11.4. The molecule has 0 spiro atoms. The summed E-state index contributed by atoms with van der Waals surface area (Å²) in [6, 6.07) is 7.47. The summed E-state index contributed by atoms with van der Waals surface area (Å²) in [6.07, 6.45) is 7.13. The molecule has 1 heterocycles. The van der Waals surface area contributed by atoms with Gasteiger partial charge in [-0.2, -0.15) is 0 Å². The van der Waals surface area contributed by atoms with Crippen molar-refractivity contribution in [3.05, 3.63) is 47.0 Å². The summed E-state index contributed by atoms with van der Waals surface area (Å²) >= 11 is 0. The van der Waals surface area contributed by atoms with E-state index in [1.165, 1.54) is 11.4 Å². The third kappa shape index (κ3) is 2.46. The molecule has 1 aliphatic heterocycles. The van der Waals surface area contributed by atoms with Gasteiger partial charge < -0.3 is 0 Å². The molecule has 0 radical (unpaired) electrons. The summed E-state index contributed by atoms with van der Waals surface area (Å²) in [4.78, 5) is 24.4. The normalized spacial score (nSPS) is 18.3. The minimum absolute atomic E-state index is 0.122. The molecular weight excluding hydrogens is 252 g/mol. The summed E-state index contributed by atoms with van der Waals surface area (Å²) < 4.78 is 0. The lowest BCUT2D eigenvalue weighted by atomic mass is 10.1. The first kappa shape index (κ1) is 12.9.